The number of hydrogen-bond acceptors (Lipinski definition) is 1. The molecule has 1 nitrogen and oxygen atoms in total. The summed E-state index contributed by atoms with van der Waals surface area (Å²) >= 11 is 0. The molecule has 0 heterocycles. The highest BCUT2D eigenvalue weighted by atomic mass is 19.2. The van der Waals surface area contributed by atoms with Gasteiger partial charge in [0.1, 0.15) is 5.82 Å². The van der Waals surface area contributed by atoms with Crippen molar-refractivity contribution in [2.24, 2.45) is 5.73 Å². The second-order valence-electron chi connectivity index (χ2n) is 3.61. The van der Waals surface area contributed by atoms with Gasteiger partial charge in [0, 0.05) is 18.2 Å². The van der Waals surface area contributed by atoms with Gasteiger partial charge >= 0.3 is 0 Å². The molecular weight excluding hydrogens is 227 g/mol. The highest BCUT2D eigenvalue weighted by Crippen LogP contribution is 2.27. The van der Waals surface area contributed by atoms with E-state index in [1.807, 2.05) is 0 Å². The summed E-state index contributed by atoms with van der Waals surface area (Å²) in [6.45, 7) is 0.203. The molecule has 2 aromatic rings. The van der Waals surface area contributed by atoms with Crippen LogP contribution in [0.1, 0.15) is 5.56 Å². The lowest BCUT2D eigenvalue weighted by Crippen LogP contribution is -2.00. The van der Waals surface area contributed by atoms with Crippen molar-refractivity contribution >= 4 is 0 Å². The molecule has 0 amide bonds. The van der Waals surface area contributed by atoms with Gasteiger partial charge < -0.3 is 5.73 Å². The van der Waals surface area contributed by atoms with Gasteiger partial charge in [-0.25, -0.2) is 13.2 Å². The second kappa shape index (κ2) is 4.59. The molecule has 0 saturated heterocycles. The normalized spacial score (nSPS) is 10.6. The third-order valence-corrected chi connectivity index (χ3v) is 2.54. The Balaban J connectivity index is 2.64. The minimum absolute atomic E-state index is 0.0185. The molecule has 17 heavy (non-hydrogen) atoms. The van der Waals surface area contributed by atoms with Crippen LogP contribution in [0.25, 0.3) is 11.1 Å². The third kappa shape index (κ3) is 2.17. The first kappa shape index (κ1) is 11.7. The summed E-state index contributed by atoms with van der Waals surface area (Å²) in [4.78, 5) is 0. The Morgan fingerprint density at radius 2 is 1.47 bits per heavy atom. The fraction of sp³-hybridized carbons (Fsp3) is 0.0769. The van der Waals surface area contributed by atoms with Crippen molar-refractivity contribution in [3.8, 4) is 11.1 Å². The van der Waals surface area contributed by atoms with Crippen molar-refractivity contribution in [1.82, 2.24) is 0 Å². The van der Waals surface area contributed by atoms with Gasteiger partial charge in [0.2, 0.25) is 0 Å². The Morgan fingerprint density at radius 1 is 0.824 bits per heavy atom. The van der Waals surface area contributed by atoms with Gasteiger partial charge in [0.25, 0.3) is 0 Å². The van der Waals surface area contributed by atoms with Crippen molar-refractivity contribution in [3.05, 3.63) is 59.4 Å². The van der Waals surface area contributed by atoms with Gasteiger partial charge in [-0.05, 0) is 17.2 Å². The molecule has 0 atom stereocenters. The van der Waals surface area contributed by atoms with E-state index in [0.29, 0.717) is 17.2 Å². The van der Waals surface area contributed by atoms with Gasteiger partial charge in [-0.1, -0.05) is 24.3 Å². The van der Waals surface area contributed by atoms with Crippen molar-refractivity contribution < 1.29 is 13.2 Å². The third-order valence-electron chi connectivity index (χ3n) is 2.54. The maximum Gasteiger partial charge on any atom is 0.161 e. The predicted molar refractivity (Wildman–Crippen MR) is 59.6 cm³/mol. The van der Waals surface area contributed by atoms with E-state index in [2.05, 4.69) is 0 Å². The van der Waals surface area contributed by atoms with Gasteiger partial charge in [0.05, 0.1) is 0 Å². The average molecular weight is 237 g/mol. The quantitative estimate of drug-likeness (QED) is 0.797. The van der Waals surface area contributed by atoms with E-state index in [-0.39, 0.29) is 12.1 Å². The molecule has 2 N–H and O–H groups in total. The molecule has 0 fully saturated rings. The first-order valence-electron chi connectivity index (χ1n) is 5.06. The molecule has 0 saturated carbocycles. The van der Waals surface area contributed by atoms with Gasteiger partial charge in [-0.2, -0.15) is 0 Å². The van der Waals surface area contributed by atoms with Crippen LogP contribution in [-0.4, -0.2) is 0 Å². The Hall–Kier alpha value is -1.81. The van der Waals surface area contributed by atoms with E-state index in [9.17, 15) is 13.2 Å². The van der Waals surface area contributed by atoms with E-state index in [1.165, 1.54) is 0 Å². The molecule has 0 aromatic heterocycles. The van der Waals surface area contributed by atoms with E-state index in [0.717, 1.165) is 6.07 Å². The summed E-state index contributed by atoms with van der Waals surface area (Å²) < 4.78 is 39.5. The molecule has 0 bridgehead atoms. The molecule has 0 aliphatic rings. The van der Waals surface area contributed by atoms with E-state index in [1.54, 1.807) is 24.3 Å². The topological polar surface area (TPSA) is 26.0 Å². The zero-order valence-electron chi connectivity index (χ0n) is 8.88. The molecule has 0 aliphatic heterocycles. The Morgan fingerprint density at radius 3 is 2.18 bits per heavy atom. The molecule has 88 valence electrons. The lowest BCUT2D eigenvalue weighted by molar-refractivity contribution is 0.496. The molecular formula is C13H10F3N. The number of rotatable bonds is 2. The van der Waals surface area contributed by atoms with E-state index in [4.69, 9.17) is 5.73 Å². The lowest BCUT2D eigenvalue weighted by atomic mass is 9.99. The Labute approximate surface area is 96.7 Å². The summed E-state index contributed by atoms with van der Waals surface area (Å²) in [5.74, 6) is -3.07. The van der Waals surface area contributed by atoms with Gasteiger partial charge in [-0.3, -0.25) is 0 Å². The minimum atomic E-state index is -1.20. The SMILES string of the molecule is NCc1ccccc1-c1cc(F)c(F)cc1F. The fourth-order valence-corrected chi connectivity index (χ4v) is 1.69. The van der Waals surface area contributed by atoms with Gasteiger partial charge in [0.15, 0.2) is 11.6 Å². The van der Waals surface area contributed by atoms with Crippen LogP contribution in [0, 0.1) is 17.5 Å². The van der Waals surface area contributed by atoms with Crippen LogP contribution in [0.2, 0.25) is 0 Å². The van der Waals surface area contributed by atoms with Crippen LogP contribution in [0.4, 0.5) is 13.2 Å². The zero-order chi connectivity index (χ0) is 12.4. The fourth-order valence-electron chi connectivity index (χ4n) is 1.69. The minimum Gasteiger partial charge on any atom is -0.326 e. The monoisotopic (exact) mass is 237 g/mol. The smallest absolute Gasteiger partial charge is 0.161 e. The zero-order valence-corrected chi connectivity index (χ0v) is 8.88. The number of hydrogen-bond donors (Lipinski definition) is 1. The summed E-state index contributed by atoms with van der Waals surface area (Å²) in [5, 5.41) is 0. The first-order chi connectivity index (χ1) is 8.13. The van der Waals surface area contributed by atoms with Gasteiger partial charge in [-0.15, -0.1) is 0 Å². The van der Waals surface area contributed by atoms with Crippen LogP contribution in [-0.2, 0) is 6.54 Å². The van der Waals surface area contributed by atoms with Crippen LogP contribution < -0.4 is 5.73 Å². The number of nitrogens with two attached hydrogens (primary N) is 1. The molecule has 0 unspecified atom stereocenters. The predicted octanol–water partition coefficient (Wildman–Crippen LogP) is 3.23. The molecule has 0 spiro atoms. The van der Waals surface area contributed by atoms with Crippen molar-refractivity contribution in [2.75, 3.05) is 0 Å². The summed E-state index contributed by atoms with van der Waals surface area (Å²) in [5.41, 5.74) is 6.69. The molecule has 0 radical (unpaired) electrons. The number of benzene rings is 2. The molecule has 2 rings (SSSR count). The Kier molecular flexibility index (Phi) is 3.15. The van der Waals surface area contributed by atoms with Crippen LogP contribution in [0.15, 0.2) is 36.4 Å². The molecule has 4 heteroatoms. The maximum absolute atomic E-state index is 13.6. The van der Waals surface area contributed by atoms with Crippen molar-refractivity contribution in [1.29, 1.82) is 0 Å². The van der Waals surface area contributed by atoms with Crippen LogP contribution in [0.5, 0.6) is 0 Å². The highest BCUT2D eigenvalue weighted by Gasteiger charge is 2.13. The van der Waals surface area contributed by atoms with Crippen molar-refractivity contribution in [3.63, 3.8) is 0 Å². The summed E-state index contributed by atoms with van der Waals surface area (Å²) in [7, 11) is 0. The lowest BCUT2D eigenvalue weighted by Gasteiger charge is -2.09. The molecule has 0 aliphatic carbocycles. The van der Waals surface area contributed by atoms with E-state index < -0.39 is 17.5 Å². The standard InChI is InChI=1S/C13H10F3N/c14-11-6-13(16)12(15)5-10(11)9-4-2-1-3-8(9)7-17/h1-6H,7,17H2. The van der Waals surface area contributed by atoms with E-state index >= 15 is 0 Å². The Bertz CT molecular complexity index is 552. The molecule has 2 aromatic carbocycles. The summed E-state index contributed by atoms with van der Waals surface area (Å²) in [6.07, 6.45) is 0. The summed E-state index contributed by atoms with van der Waals surface area (Å²) in [6, 6.07) is 8.17. The maximum atomic E-state index is 13.6. The second-order valence-corrected chi connectivity index (χ2v) is 3.61. The van der Waals surface area contributed by atoms with Crippen molar-refractivity contribution in [2.45, 2.75) is 6.54 Å². The highest BCUT2D eigenvalue weighted by molar-refractivity contribution is 5.68. The van der Waals surface area contributed by atoms with Crippen LogP contribution >= 0.6 is 0 Å². The van der Waals surface area contributed by atoms with Crippen LogP contribution in [0.3, 0.4) is 0 Å². The largest absolute Gasteiger partial charge is 0.326 e. The first-order valence-corrected chi connectivity index (χ1v) is 5.06. The average Bonchev–Trinajstić information content (AvgIpc) is 2.34. The number of halogens is 3.